The maximum Gasteiger partial charge on any atom is 0.0829 e. The number of nitrogens with zero attached hydrogens (tertiary/aromatic N) is 3. The first kappa shape index (κ1) is 11.4. The van der Waals surface area contributed by atoms with E-state index in [2.05, 4.69) is 23.3 Å². The van der Waals surface area contributed by atoms with Crippen molar-refractivity contribution in [1.29, 1.82) is 0 Å². The molecule has 94 valence electrons. The summed E-state index contributed by atoms with van der Waals surface area (Å²) in [5.74, 6) is 0. The normalized spacial score (nSPS) is 19.3. The largest absolute Gasteiger partial charge is 0.309 e. The summed E-state index contributed by atoms with van der Waals surface area (Å²) in [4.78, 5) is 4.19. The van der Waals surface area contributed by atoms with Crippen LogP contribution in [0.2, 0.25) is 0 Å². The predicted molar refractivity (Wildman–Crippen MR) is 71.2 cm³/mol. The Balaban J connectivity index is 2.06. The Bertz CT molecular complexity index is 538. The number of hydrogen-bond donors (Lipinski definition) is 1. The molecule has 4 nitrogen and oxygen atoms in total. The van der Waals surface area contributed by atoms with E-state index in [-0.39, 0.29) is 0 Å². The highest BCUT2D eigenvalue weighted by Crippen LogP contribution is 2.31. The lowest BCUT2D eigenvalue weighted by Crippen LogP contribution is -2.14. The van der Waals surface area contributed by atoms with Crippen molar-refractivity contribution in [3.63, 3.8) is 0 Å². The number of aromatic nitrogens is 3. The molecule has 0 aromatic carbocycles. The molecule has 18 heavy (non-hydrogen) atoms. The van der Waals surface area contributed by atoms with E-state index in [1.807, 2.05) is 24.0 Å². The Hall–Kier alpha value is -1.68. The topological polar surface area (TPSA) is 42.7 Å². The highest BCUT2D eigenvalue weighted by atomic mass is 15.3. The second-order valence-corrected chi connectivity index (χ2v) is 4.87. The number of hydrogen-bond acceptors (Lipinski definition) is 3. The third-order valence-electron chi connectivity index (χ3n) is 3.65. The van der Waals surface area contributed by atoms with Crippen LogP contribution in [0.4, 0.5) is 0 Å². The van der Waals surface area contributed by atoms with Crippen LogP contribution < -0.4 is 5.32 Å². The van der Waals surface area contributed by atoms with Gasteiger partial charge in [0.05, 0.1) is 17.4 Å². The second kappa shape index (κ2) is 4.53. The molecule has 3 rings (SSSR count). The maximum absolute atomic E-state index is 4.69. The van der Waals surface area contributed by atoms with Crippen LogP contribution in [0, 0.1) is 6.92 Å². The van der Waals surface area contributed by atoms with Gasteiger partial charge in [0, 0.05) is 25.0 Å². The SMILES string of the molecule is Cc1c(C2CCCN2)nn(C)c1-c1cccnc1. The summed E-state index contributed by atoms with van der Waals surface area (Å²) in [7, 11) is 2.01. The Morgan fingerprint density at radius 3 is 3.00 bits per heavy atom. The van der Waals surface area contributed by atoms with E-state index in [1.165, 1.54) is 29.8 Å². The number of rotatable bonds is 2. The van der Waals surface area contributed by atoms with Crippen LogP contribution in [0.25, 0.3) is 11.3 Å². The van der Waals surface area contributed by atoms with Crippen LogP contribution in [-0.4, -0.2) is 21.3 Å². The molecule has 2 aromatic heterocycles. The first-order valence-electron chi connectivity index (χ1n) is 6.44. The highest BCUT2D eigenvalue weighted by Gasteiger charge is 2.23. The van der Waals surface area contributed by atoms with Crippen LogP contribution in [0.15, 0.2) is 24.5 Å². The summed E-state index contributed by atoms with van der Waals surface area (Å²) in [6.07, 6.45) is 6.12. The van der Waals surface area contributed by atoms with Gasteiger partial charge in [0.1, 0.15) is 0 Å². The number of nitrogens with one attached hydrogen (secondary N) is 1. The van der Waals surface area contributed by atoms with Gasteiger partial charge in [-0.05, 0) is 44.0 Å². The van der Waals surface area contributed by atoms with Crippen LogP contribution in [0.1, 0.15) is 30.1 Å². The van der Waals surface area contributed by atoms with Crippen LogP contribution in [0.3, 0.4) is 0 Å². The molecular formula is C14H18N4. The lowest BCUT2D eigenvalue weighted by molar-refractivity contribution is 0.605. The third-order valence-corrected chi connectivity index (χ3v) is 3.65. The second-order valence-electron chi connectivity index (χ2n) is 4.87. The molecule has 1 unspecified atom stereocenters. The average molecular weight is 242 g/mol. The van der Waals surface area contributed by atoms with Gasteiger partial charge in [-0.2, -0.15) is 5.10 Å². The van der Waals surface area contributed by atoms with Gasteiger partial charge in [-0.3, -0.25) is 9.67 Å². The predicted octanol–water partition coefficient (Wildman–Crippen LogP) is 2.22. The lowest BCUT2D eigenvalue weighted by atomic mass is 10.0. The summed E-state index contributed by atoms with van der Waals surface area (Å²) in [5, 5.41) is 8.21. The van der Waals surface area contributed by atoms with Gasteiger partial charge < -0.3 is 5.32 Å². The molecule has 4 heteroatoms. The standard InChI is InChI=1S/C14H18N4/c1-10-13(12-6-4-8-16-12)17-18(2)14(10)11-5-3-7-15-9-11/h3,5,7,9,12,16H,4,6,8H2,1-2H3. The molecule has 1 aliphatic rings. The highest BCUT2D eigenvalue weighted by molar-refractivity contribution is 5.63. The van der Waals surface area contributed by atoms with E-state index in [9.17, 15) is 0 Å². The molecule has 0 radical (unpaired) electrons. The van der Waals surface area contributed by atoms with Gasteiger partial charge in [0.2, 0.25) is 0 Å². The summed E-state index contributed by atoms with van der Waals surface area (Å²) < 4.78 is 1.97. The molecular weight excluding hydrogens is 224 g/mol. The molecule has 3 heterocycles. The van der Waals surface area contributed by atoms with Crippen molar-refractivity contribution in [2.75, 3.05) is 6.54 Å². The van der Waals surface area contributed by atoms with Gasteiger partial charge in [-0.15, -0.1) is 0 Å². The fourth-order valence-corrected chi connectivity index (χ4v) is 2.81. The maximum atomic E-state index is 4.69. The summed E-state index contributed by atoms with van der Waals surface area (Å²) >= 11 is 0. The van der Waals surface area contributed by atoms with E-state index in [0.717, 1.165) is 12.1 Å². The van der Waals surface area contributed by atoms with Gasteiger partial charge in [0.15, 0.2) is 0 Å². The van der Waals surface area contributed by atoms with Crippen molar-refractivity contribution in [2.24, 2.45) is 7.05 Å². The summed E-state index contributed by atoms with van der Waals surface area (Å²) in [6.45, 7) is 3.26. The molecule has 1 fully saturated rings. The van der Waals surface area contributed by atoms with Crippen molar-refractivity contribution >= 4 is 0 Å². The zero-order valence-electron chi connectivity index (χ0n) is 10.8. The van der Waals surface area contributed by atoms with E-state index >= 15 is 0 Å². The van der Waals surface area contributed by atoms with E-state index < -0.39 is 0 Å². The first-order chi connectivity index (χ1) is 8.77. The Morgan fingerprint density at radius 2 is 2.33 bits per heavy atom. The monoisotopic (exact) mass is 242 g/mol. The first-order valence-corrected chi connectivity index (χ1v) is 6.44. The number of aryl methyl sites for hydroxylation is 1. The van der Waals surface area contributed by atoms with Crippen molar-refractivity contribution in [3.8, 4) is 11.3 Å². The molecule has 0 bridgehead atoms. The van der Waals surface area contributed by atoms with Crippen molar-refractivity contribution in [1.82, 2.24) is 20.1 Å². The smallest absolute Gasteiger partial charge is 0.0829 e. The molecule has 2 aromatic rings. The molecule has 0 saturated carbocycles. The Labute approximate surface area is 107 Å². The third kappa shape index (κ3) is 1.82. The van der Waals surface area contributed by atoms with E-state index in [1.54, 1.807) is 6.20 Å². The molecule has 1 saturated heterocycles. The molecule has 1 atom stereocenters. The molecule has 1 aliphatic heterocycles. The fraction of sp³-hybridized carbons (Fsp3) is 0.429. The Kier molecular flexibility index (Phi) is 2.88. The van der Waals surface area contributed by atoms with Crippen molar-refractivity contribution in [3.05, 3.63) is 35.8 Å². The van der Waals surface area contributed by atoms with Gasteiger partial charge >= 0.3 is 0 Å². The summed E-state index contributed by atoms with van der Waals surface area (Å²) in [5.41, 5.74) is 4.76. The molecule has 0 spiro atoms. The van der Waals surface area contributed by atoms with E-state index in [4.69, 9.17) is 5.10 Å². The molecule has 1 N–H and O–H groups in total. The van der Waals surface area contributed by atoms with Gasteiger partial charge in [0.25, 0.3) is 0 Å². The van der Waals surface area contributed by atoms with E-state index in [0.29, 0.717) is 6.04 Å². The Morgan fingerprint density at radius 1 is 1.44 bits per heavy atom. The van der Waals surface area contributed by atoms with Crippen LogP contribution in [0.5, 0.6) is 0 Å². The quantitative estimate of drug-likeness (QED) is 0.878. The minimum atomic E-state index is 0.418. The summed E-state index contributed by atoms with van der Waals surface area (Å²) in [6, 6.07) is 4.47. The zero-order chi connectivity index (χ0) is 12.5. The zero-order valence-corrected chi connectivity index (χ0v) is 10.8. The lowest BCUT2D eigenvalue weighted by Gasteiger charge is -2.07. The van der Waals surface area contributed by atoms with Gasteiger partial charge in [-0.25, -0.2) is 0 Å². The molecule has 0 amide bonds. The molecule has 0 aliphatic carbocycles. The minimum Gasteiger partial charge on any atom is -0.309 e. The fourth-order valence-electron chi connectivity index (χ4n) is 2.81. The van der Waals surface area contributed by atoms with Crippen molar-refractivity contribution in [2.45, 2.75) is 25.8 Å². The van der Waals surface area contributed by atoms with Crippen LogP contribution >= 0.6 is 0 Å². The van der Waals surface area contributed by atoms with Gasteiger partial charge in [-0.1, -0.05) is 0 Å². The van der Waals surface area contributed by atoms with Crippen LogP contribution in [-0.2, 0) is 7.05 Å². The van der Waals surface area contributed by atoms with Crippen molar-refractivity contribution < 1.29 is 0 Å². The number of pyridine rings is 1. The average Bonchev–Trinajstić information content (AvgIpc) is 2.99. The minimum absolute atomic E-state index is 0.418.